The van der Waals surface area contributed by atoms with Crippen LogP contribution < -0.4 is 5.73 Å². The van der Waals surface area contributed by atoms with Gasteiger partial charge in [0, 0.05) is 25.6 Å². The molecule has 3 N–H and O–H groups in total. The molecule has 0 aromatic heterocycles. The Kier molecular flexibility index (Phi) is 3.22. The molecule has 0 aromatic rings. The first-order chi connectivity index (χ1) is 7.48. The molecule has 2 rings (SSSR count). The van der Waals surface area contributed by atoms with Crippen molar-refractivity contribution in [3.8, 4) is 0 Å². The van der Waals surface area contributed by atoms with Crippen LogP contribution in [-0.4, -0.2) is 40.6 Å². The molecule has 4 heteroatoms. The average Bonchev–Trinajstić information content (AvgIpc) is 3.00. The maximum atomic E-state index is 11.9. The number of carbonyl (C=O) groups excluding carboxylic acids is 1. The molecule has 16 heavy (non-hydrogen) atoms. The van der Waals surface area contributed by atoms with Crippen molar-refractivity contribution in [1.82, 2.24) is 4.90 Å². The Morgan fingerprint density at radius 3 is 2.56 bits per heavy atom. The first kappa shape index (κ1) is 11.9. The summed E-state index contributed by atoms with van der Waals surface area (Å²) in [6, 6.07) is 0.0509. The van der Waals surface area contributed by atoms with Crippen molar-refractivity contribution in [2.75, 3.05) is 13.1 Å². The zero-order valence-corrected chi connectivity index (χ0v) is 9.98. The van der Waals surface area contributed by atoms with Gasteiger partial charge in [-0.1, -0.05) is 0 Å². The van der Waals surface area contributed by atoms with Crippen LogP contribution in [-0.2, 0) is 4.79 Å². The summed E-state index contributed by atoms with van der Waals surface area (Å²) in [5, 5.41) is 9.79. The molecular weight excluding hydrogens is 204 g/mol. The summed E-state index contributed by atoms with van der Waals surface area (Å²) < 4.78 is 0. The molecule has 1 aliphatic carbocycles. The first-order valence-corrected chi connectivity index (χ1v) is 6.24. The summed E-state index contributed by atoms with van der Waals surface area (Å²) in [5.74, 6) is 0.742. The number of aliphatic hydroxyl groups is 1. The van der Waals surface area contributed by atoms with Crippen LogP contribution >= 0.6 is 0 Å². The summed E-state index contributed by atoms with van der Waals surface area (Å²) in [6.45, 7) is 3.18. The topological polar surface area (TPSA) is 66.6 Å². The van der Waals surface area contributed by atoms with E-state index in [-0.39, 0.29) is 11.9 Å². The third-order valence-corrected chi connectivity index (χ3v) is 3.83. The second-order valence-electron chi connectivity index (χ2n) is 5.58. The van der Waals surface area contributed by atoms with Crippen LogP contribution in [0.5, 0.6) is 0 Å². The van der Waals surface area contributed by atoms with Gasteiger partial charge in [-0.05, 0) is 38.5 Å². The Hall–Kier alpha value is -0.610. The zero-order chi connectivity index (χ0) is 11.8. The van der Waals surface area contributed by atoms with Crippen LogP contribution in [0.2, 0.25) is 0 Å². The number of amides is 1. The fraction of sp³-hybridized carbons (Fsp3) is 0.917. The van der Waals surface area contributed by atoms with Crippen molar-refractivity contribution >= 4 is 5.91 Å². The van der Waals surface area contributed by atoms with Gasteiger partial charge in [-0.15, -0.1) is 0 Å². The van der Waals surface area contributed by atoms with Crippen LogP contribution in [0.15, 0.2) is 0 Å². The van der Waals surface area contributed by atoms with Gasteiger partial charge in [0.2, 0.25) is 5.91 Å². The van der Waals surface area contributed by atoms with Gasteiger partial charge in [0.15, 0.2) is 0 Å². The monoisotopic (exact) mass is 226 g/mol. The normalized spacial score (nSPS) is 26.6. The van der Waals surface area contributed by atoms with Crippen molar-refractivity contribution in [2.24, 2.45) is 11.7 Å². The average molecular weight is 226 g/mol. The van der Waals surface area contributed by atoms with Gasteiger partial charge in [0.1, 0.15) is 0 Å². The first-order valence-electron chi connectivity index (χ1n) is 6.24. The molecule has 0 bridgehead atoms. The van der Waals surface area contributed by atoms with Crippen molar-refractivity contribution in [3.05, 3.63) is 0 Å². The van der Waals surface area contributed by atoms with Gasteiger partial charge < -0.3 is 15.7 Å². The second kappa shape index (κ2) is 4.34. The third-order valence-electron chi connectivity index (χ3n) is 3.83. The molecular formula is C12H22N2O2. The number of piperidine rings is 1. The molecule has 1 amide bonds. The molecule has 1 atom stereocenters. The highest BCUT2D eigenvalue weighted by atomic mass is 16.3. The molecule has 1 saturated heterocycles. The largest absolute Gasteiger partial charge is 0.390 e. The Balaban J connectivity index is 1.77. The lowest BCUT2D eigenvalue weighted by Crippen LogP contribution is -2.46. The number of hydrogen-bond acceptors (Lipinski definition) is 3. The van der Waals surface area contributed by atoms with Gasteiger partial charge in [0.05, 0.1) is 5.60 Å². The Bertz CT molecular complexity index is 264. The molecule has 1 aliphatic heterocycles. The highest BCUT2D eigenvalue weighted by molar-refractivity contribution is 5.77. The Morgan fingerprint density at radius 2 is 2.06 bits per heavy atom. The van der Waals surface area contributed by atoms with Crippen LogP contribution in [0.3, 0.4) is 0 Å². The van der Waals surface area contributed by atoms with E-state index in [0.717, 1.165) is 0 Å². The molecule has 2 aliphatic rings. The van der Waals surface area contributed by atoms with Gasteiger partial charge in [-0.2, -0.15) is 0 Å². The van der Waals surface area contributed by atoms with E-state index < -0.39 is 5.60 Å². The van der Waals surface area contributed by atoms with Crippen LogP contribution in [0.4, 0.5) is 0 Å². The second-order valence-corrected chi connectivity index (χ2v) is 5.58. The highest BCUT2D eigenvalue weighted by Gasteiger charge is 2.33. The molecule has 1 unspecified atom stereocenters. The van der Waals surface area contributed by atoms with Crippen molar-refractivity contribution in [3.63, 3.8) is 0 Å². The summed E-state index contributed by atoms with van der Waals surface area (Å²) in [4.78, 5) is 13.8. The molecule has 0 spiro atoms. The minimum Gasteiger partial charge on any atom is -0.390 e. The molecule has 1 heterocycles. The Morgan fingerprint density at radius 1 is 1.50 bits per heavy atom. The number of nitrogens with zero attached hydrogens (tertiary/aromatic N) is 1. The minimum atomic E-state index is -0.588. The van der Waals surface area contributed by atoms with E-state index in [1.165, 1.54) is 12.8 Å². The van der Waals surface area contributed by atoms with Crippen LogP contribution in [0, 0.1) is 5.92 Å². The van der Waals surface area contributed by atoms with Crippen molar-refractivity contribution in [2.45, 2.75) is 50.7 Å². The molecule has 4 nitrogen and oxygen atoms in total. The van der Waals surface area contributed by atoms with Gasteiger partial charge in [-0.25, -0.2) is 0 Å². The van der Waals surface area contributed by atoms with Gasteiger partial charge >= 0.3 is 0 Å². The summed E-state index contributed by atoms with van der Waals surface area (Å²) in [7, 11) is 0. The van der Waals surface area contributed by atoms with E-state index in [4.69, 9.17) is 5.73 Å². The summed E-state index contributed by atoms with van der Waals surface area (Å²) >= 11 is 0. The highest BCUT2D eigenvalue weighted by Crippen LogP contribution is 2.33. The fourth-order valence-electron chi connectivity index (χ4n) is 2.26. The Labute approximate surface area is 96.8 Å². The maximum Gasteiger partial charge on any atom is 0.224 e. The number of likely N-dealkylation sites (tertiary alicyclic amines) is 1. The van der Waals surface area contributed by atoms with E-state index in [9.17, 15) is 9.90 Å². The number of nitrogens with two attached hydrogens (primary N) is 1. The molecule has 92 valence electrons. The van der Waals surface area contributed by atoms with E-state index >= 15 is 0 Å². The molecule has 2 fully saturated rings. The SMILES string of the molecule is CC1(O)CCN(C(=O)CC(N)C2CC2)CC1. The quantitative estimate of drug-likeness (QED) is 0.736. The summed E-state index contributed by atoms with van der Waals surface area (Å²) in [5.41, 5.74) is 5.36. The fourth-order valence-corrected chi connectivity index (χ4v) is 2.26. The third kappa shape index (κ3) is 2.95. The van der Waals surface area contributed by atoms with Crippen LogP contribution in [0.1, 0.15) is 39.0 Å². The summed E-state index contributed by atoms with van der Waals surface area (Å²) in [6.07, 6.45) is 4.20. The smallest absolute Gasteiger partial charge is 0.224 e. The van der Waals surface area contributed by atoms with E-state index in [1.54, 1.807) is 0 Å². The van der Waals surface area contributed by atoms with Crippen molar-refractivity contribution in [1.29, 1.82) is 0 Å². The number of hydrogen-bond donors (Lipinski definition) is 2. The minimum absolute atomic E-state index is 0.0509. The maximum absolute atomic E-state index is 11.9. The lowest BCUT2D eigenvalue weighted by molar-refractivity contribution is -0.135. The zero-order valence-electron chi connectivity index (χ0n) is 9.98. The lowest BCUT2D eigenvalue weighted by Gasteiger charge is -2.36. The molecule has 1 saturated carbocycles. The standard InChI is InChI=1S/C12H22N2O2/c1-12(16)4-6-14(7-5-12)11(15)8-10(13)9-2-3-9/h9-10,16H,2-8,13H2,1H3. The predicted octanol–water partition coefficient (Wildman–Crippen LogP) is 0.487. The molecule has 0 radical (unpaired) electrons. The van der Waals surface area contributed by atoms with E-state index in [2.05, 4.69) is 0 Å². The van der Waals surface area contributed by atoms with Crippen molar-refractivity contribution < 1.29 is 9.90 Å². The number of carbonyl (C=O) groups is 1. The lowest BCUT2D eigenvalue weighted by atomic mass is 9.93. The van der Waals surface area contributed by atoms with Gasteiger partial charge in [-0.3, -0.25) is 4.79 Å². The predicted molar refractivity (Wildman–Crippen MR) is 61.8 cm³/mol. The molecule has 0 aromatic carbocycles. The van der Waals surface area contributed by atoms with Crippen LogP contribution in [0.25, 0.3) is 0 Å². The van der Waals surface area contributed by atoms with E-state index in [1.807, 2.05) is 11.8 Å². The number of rotatable bonds is 3. The van der Waals surface area contributed by atoms with Gasteiger partial charge in [0.25, 0.3) is 0 Å². The van der Waals surface area contributed by atoms with E-state index in [0.29, 0.717) is 38.3 Å².